The molecule has 4 nitrogen and oxygen atoms in total. The van der Waals surface area contributed by atoms with E-state index in [4.69, 9.17) is 0 Å². The minimum Gasteiger partial charge on any atom is -0.308 e. The number of nitrogens with one attached hydrogen (secondary N) is 1. The molecule has 5 heterocycles. The molecule has 1 N–H and O–H groups in total. The summed E-state index contributed by atoms with van der Waals surface area (Å²) in [6, 6.07) is 1.37. The van der Waals surface area contributed by atoms with Gasteiger partial charge in [0.15, 0.2) is 0 Å². The van der Waals surface area contributed by atoms with Crippen LogP contribution in [0.5, 0.6) is 0 Å². The van der Waals surface area contributed by atoms with Crippen LogP contribution in [0.15, 0.2) is 0 Å². The fraction of sp³-hybridized carbons (Fsp3) is 0.947. The van der Waals surface area contributed by atoms with E-state index >= 15 is 0 Å². The number of ketones is 1. The Hall–Kier alpha value is -0.450. The molecular weight excluding hydrogens is 286 g/mol. The largest absolute Gasteiger partial charge is 0.308 e. The molecule has 0 aromatic rings. The number of fused-ring (bicyclic) bond motifs is 1. The number of carbonyl (C=O) groups is 1. The van der Waals surface area contributed by atoms with E-state index in [0.29, 0.717) is 18.0 Å². The Balaban J connectivity index is 1.38. The first-order chi connectivity index (χ1) is 11.0. The fourth-order valence-electron chi connectivity index (χ4n) is 6.89. The van der Waals surface area contributed by atoms with Crippen molar-refractivity contribution < 1.29 is 4.79 Å². The molecule has 3 unspecified atom stereocenters. The molecule has 0 aromatic heterocycles. The summed E-state index contributed by atoms with van der Waals surface area (Å²) in [6.45, 7) is 8.33. The Bertz CT molecular complexity index is 493. The van der Waals surface area contributed by atoms with Gasteiger partial charge in [-0.15, -0.1) is 0 Å². The molecule has 0 aromatic carbocycles. The number of hydrogen-bond acceptors (Lipinski definition) is 4. The monoisotopic (exact) mass is 317 g/mol. The Labute approximate surface area is 140 Å². The second kappa shape index (κ2) is 4.80. The van der Waals surface area contributed by atoms with Gasteiger partial charge >= 0.3 is 0 Å². The van der Waals surface area contributed by atoms with Gasteiger partial charge in [0.1, 0.15) is 5.78 Å². The van der Waals surface area contributed by atoms with Crippen molar-refractivity contribution in [2.45, 2.75) is 70.6 Å². The van der Waals surface area contributed by atoms with Crippen LogP contribution in [0.4, 0.5) is 0 Å². The maximum Gasteiger partial charge on any atom is 0.149 e. The van der Waals surface area contributed by atoms with E-state index in [9.17, 15) is 4.79 Å². The van der Waals surface area contributed by atoms with Crippen LogP contribution >= 0.6 is 0 Å². The van der Waals surface area contributed by atoms with E-state index in [1.807, 2.05) is 0 Å². The fourth-order valence-corrected chi connectivity index (χ4v) is 6.89. The van der Waals surface area contributed by atoms with Crippen LogP contribution < -0.4 is 5.32 Å². The number of piperidine rings is 3. The molecule has 6 rings (SSSR count). The van der Waals surface area contributed by atoms with E-state index in [-0.39, 0.29) is 10.8 Å². The summed E-state index contributed by atoms with van der Waals surface area (Å²) in [5.41, 5.74) is -0.242. The highest BCUT2D eigenvalue weighted by molar-refractivity contribution is 5.92. The van der Waals surface area contributed by atoms with Crippen molar-refractivity contribution in [3.63, 3.8) is 0 Å². The maximum absolute atomic E-state index is 12.8. The van der Waals surface area contributed by atoms with Crippen LogP contribution in [0.2, 0.25) is 0 Å². The van der Waals surface area contributed by atoms with Crippen LogP contribution in [0.1, 0.15) is 52.4 Å². The number of Topliss-reactive ketones (excluding diaryl/α,β-unsaturated/α-hetero) is 1. The summed E-state index contributed by atoms with van der Waals surface area (Å²) in [5.74, 6) is 1.46. The van der Waals surface area contributed by atoms with Gasteiger partial charge in [0.25, 0.3) is 0 Å². The minimum absolute atomic E-state index is 0.121. The summed E-state index contributed by atoms with van der Waals surface area (Å²) in [4.78, 5) is 18.1. The molecule has 6 fully saturated rings. The summed E-state index contributed by atoms with van der Waals surface area (Å²) in [6.07, 6.45) is 8.92. The van der Waals surface area contributed by atoms with Crippen molar-refractivity contribution in [3.8, 4) is 0 Å². The number of carbonyl (C=O) groups excluding carboxylic acids is 1. The van der Waals surface area contributed by atoms with Gasteiger partial charge in [-0.05, 0) is 31.6 Å². The predicted octanol–water partition coefficient (Wildman–Crippen LogP) is 1.85. The van der Waals surface area contributed by atoms with Crippen LogP contribution in [0.3, 0.4) is 0 Å². The van der Waals surface area contributed by atoms with Gasteiger partial charge < -0.3 is 5.32 Å². The highest BCUT2D eigenvalue weighted by atomic mass is 16.1. The van der Waals surface area contributed by atoms with E-state index < -0.39 is 0 Å². The van der Waals surface area contributed by atoms with Gasteiger partial charge in [0.05, 0.1) is 17.0 Å². The van der Waals surface area contributed by atoms with Gasteiger partial charge in [-0.2, -0.15) is 0 Å². The molecule has 23 heavy (non-hydrogen) atoms. The Kier molecular flexibility index (Phi) is 3.10. The quantitative estimate of drug-likeness (QED) is 0.801. The third-order valence-electron chi connectivity index (χ3n) is 7.60. The molecule has 4 bridgehead atoms. The topological polar surface area (TPSA) is 35.6 Å². The maximum atomic E-state index is 12.8. The van der Waals surface area contributed by atoms with Crippen LogP contribution in [0, 0.1) is 16.7 Å². The van der Waals surface area contributed by atoms with Crippen molar-refractivity contribution in [3.05, 3.63) is 0 Å². The predicted molar refractivity (Wildman–Crippen MR) is 90.1 cm³/mol. The van der Waals surface area contributed by atoms with E-state index in [0.717, 1.165) is 38.1 Å². The number of hydrogen-bond donors (Lipinski definition) is 1. The van der Waals surface area contributed by atoms with Crippen molar-refractivity contribution >= 4 is 5.78 Å². The molecule has 5 aliphatic heterocycles. The first kappa shape index (κ1) is 14.9. The second-order valence-electron chi connectivity index (χ2n) is 9.68. The Morgan fingerprint density at radius 2 is 1.48 bits per heavy atom. The summed E-state index contributed by atoms with van der Waals surface area (Å²) in [5, 5.41) is 4.05. The SMILES string of the molecule is CC12CN3CC(C)(CN(C1)C3C1CCC3CCCCC3N1)C2=O. The van der Waals surface area contributed by atoms with Crippen molar-refractivity contribution in [1.29, 1.82) is 0 Å². The zero-order valence-corrected chi connectivity index (χ0v) is 14.7. The summed E-state index contributed by atoms with van der Waals surface area (Å²) < 4.78 is 0. The van der Waals surface area contributed by atoms with Crippen LogP contribution in [-0.4, -0.2) is 60.0 Å². The first-order valence-electron chi connectivity index (χ1n) is 9.78. The first-order valence-corrected chi connectivity index (χ1v) is 9.78. The third kappa shape index (κ3) is 2.04. The van der Waals surface area contributed by atoms with Crippen molar-refractivity contribution in [2.24, 2.45) is 16.7 Å². The molecule has 0 amide bonds. The lowest BCUT2D eigenvalue weighted by Gasteiger charge is -2.66. The standard InChI is InChI=1S/C19H31N3O/c1-18-9-21-11-19(2,17(18)23)12-22(10-18)16(21)15-8-7-13-5-3-4-6-14(13)20-15/h13-16,20H,3-12H2,1-2H3. The Morgan fingerprint density at radius 1 is 0.870 bits per heavy atom. The summed E-state index contributed by atoms with van der Waals surface area (Å²) in [7, 11) is 0. The lowest BCUT2D eigenvalue weighted by Crippen LogP contribution is -2.81. The van der Waals surface area contributed by atoms with Crippen molar-refractivity contribution in [1.82, 2.24) is 15.1 Å². The second-order valence-corrected chi connectivity index (χ2v) is 9.68. The van der Waals surface area contributed by atoms with Gasteiger partial charge in [0.2, 0.25) is 0 Å². The zero-order valence-electron chi connectivity index (χ0n) is 14.7. The number of nitrogens with zero attached hydrogens (tertiary/aromatic N) is 2. The highest BCUT2D eigenvalue weighted by Crippen LogP contribution is 2.49. The van der Waals surface area contributed by atoms with Gasteiger partial charge in [-0.25, -0.2) is 0 Å². The molecular formula is C19H31N3O. The molecule has 4 heteroatoms. The summed E-state index contributed by atoms with van der Waals surface area (Å²) >= 11 is 0. The molecule has 0 spiro atoms. The Morgan fingerprint density at radius 3 is 2.13 bits per heavy atom. The molecule has 1 aliphatic carbocycles. The van der Waals surface area contributed by atoms with Crippen LogP contribution in [0.25, 0.3) is 0 Å². The van der Waals surface area contributed by atoms with Crippen LogP contribution in [-0.2, 0) is 4.79 Å². The molecule has 6 aliphatic rings. The van der Waals surface area contributed by atoms with Crippen molar-refractivity contribution in [2.75, 3.05) is 26.2 Å². The zero-order chi connectivity index (χ0) is 15.8. The molecule has 1 saturated carbocycles. The van der Waals surface area contributed by atoms with Gasteiger partial charge in [-0.3, -0.25) is 14.6 Å². The average Bonchev–Trinajstić information content (AvgIpc) is 2.51. The molecule has 128 valence electrons. The van der Waals surface area contributed by atoms with E-state index in [1.54, 1.807) is 0 Å². The third-order valence-corrected chi connectivity index (χ3v) is 7.60. The molecule has 3 atom stereocenters. The highest BCUT2D eigenvalue weighted by Gasteiger charge is 2.63. The lowest BCUT2D eigenvalue weighted by molar-refractivity contribution is -0.202. The van der Waals surface area contributed by atoms with E-state index in [1.165, 1.54) is 38.5 Å². The average molecular weight is 317 g/mol. The van der Waals surface area contributed by atoms with E-state index in [2.05, 4.69) is 29.0 Å². The smallest absolute Gasteiger partial charge is 0.149 e. The number of rotatable bonds is 1. The minimum atomic E-state index is -0.121. The van der Waals surface area contributed by atoms with Gasteiger partial charge in [0, 0.05) is 38.3 Å². The lowest BCUT2D eigenvalue weighted by atomic mass is 9.61. The molecule has 5 saturated heterocycles. The molecule has 0 radical (unpaired) electrons. The normalized spacial score (nSPS) is 58.3. The van der Waals surface area contributed by atoms with Gasteiger partial charge in [-0.1, -0.05) is 26.7 Å².